The van der Waals surface area contributed by atoms with Crippen molar-refractivity contribution in [2.75, 3.05) is 13.7 Å². The second kappa shape index (κ2) is 6.08. The molecule has 0 aliphatic rings. The third kappa shape index (κ3) is 2.90. The minimum Gasteiger partial charge on any atom is -0.383 e. The van der Waals surface area contributed by atoms with Gasteiger partial charge in [0.05, 0.1) is 12.5 Å². The fourth-order valence-electron chi connectivity index (χ4n) is 1.70. The van der Waals surface area contributed by atoms with Gasteiger partial charge in [-0.05, 0) is 18.2 Å². The van der Waals surface area contributed by atoms with Gasteiger partial charge in [0.2, 0.25) is 0 Å². The van der Waals surface area contributed by atoms with Crippen molar-refractivity contribution < 1.29 is 13.5 Å². The van der Waals surface area contributed by atoms with Gasteiger partial charge < -0.3 is 9.30 Å². The third-order valence-corrected chi connectivity index (χ3v) is 2.88. The summed E-state index contributed by atoms with van der Waals surface area (Å²) in [5.41, 5.74) is 0.443. The Balaban J connectivity index is 2.42. The Kier molecular flexibility index (Phi) is 4.44. The fourth-order valence-corrected chi connectivity index (χ4v) is 1.90. The molecule has 0 atom stereocenters. The van der Waals surface area contributed by atoms with Gasteiger partial charge in [-0.25, -0.2) is 8.78 Å². The van der Waals surface area contributed by atoms with Gasteiger partial charge in [-0.15, -0.1) is 21.8 Å². The molecule has 2 rings (SSSR count). The van der Waals surface area contributed by atoms with Crippen LogP contribution in [0.1, 0.15) is 5.82 Å². The van der Waals surface area contributed by atoms with Crippen LogP contribution in [0.2, 0.25) is 0 Å². The molecule has 19 heavy (non-hydrogen) atoms. The molecule has 4 nitrogen and oxygen atoms in total. The average molecular weight is 288 g/mol. The number of hydrogen-bond donors (Lipinski definition) is 0. The minimum atomic E-state index is -0.925. The molecule has 0 fully saturated rings. The van der Waals surface area contributed by atoms with E-state index in [4.69, 9.17) is 16.3 Å². The van der Waals surface area contributed by atoms with Gasteiger partial charge in [0.15, 0.2) is 17.5 Å². The Labute approximate surface area is 114 Å². The number of benzene rings is 1. The first-order valence-corrected chi connectivity index (χ1v) is 6.13. The van der Waals surface area contributed by atoms with Crippen LogP contribution in [0.5, 0.6) is 0 Å². The Morgan fingerprint density at radius 1 is 1.26 bits per heavy atom. The summed E-state index contributed by atoms with van der Waals surface area (Å²) in [6.45, 7) is 0.929. The monoisotopic (exact) mass is 287 g/mol. The molecule has 0 unspecified atom stereocenters. The standard InChI is InChI=1S/C12H12ClF2N3O/c1-19-5-4-18-11(7-13)16-17-12(18)8-2-3-9(14)10(15)6-8/h2-3,6H,4-5,7H2,1H3. The molecular formula is C12H12ClF2N3O. The first-order valence-electron chi connectivity index (χ1n) is 5.59. The summed E-state index contributed by atoms with van der Waals surface area (Å²) in [5, 5.41) is 7.89. The first-order chi connectivity index (χ1) is 9.17. The summed E-state index contributed by atoms with van der Waals surface area (Å²) < 4.78 is 32.9. The van der Waals surface area contributed by atoms with Gasteiger partial charge in [-0.3, -0.25) is 0 Å². The molecule has 0 radical (unpaired) electrons. The van der Waals surface area contributed by atoms with Crippen LogP contribution < -0.4 is 0 Å². The molecular weight excluding hydrogens is 276 g/mol. The zero-order chi connectivity index (χ0) is 13.8. The average Bonchev–Trinajstić information content (AvgIpc) is 2.82. The number of hydrogen-bond acceptors (Lipinski definition) is 3. The van der Waals surface area contributed by atoms with E-state index in [1.165, 1.54) is 6.07 Å². The van der Waals surface area contributed by atoms with Crippen molar-refractivity contribution in [2.24, 2.45) is 0 Å². The van der Waals surface area contributed by atoms with E-state index >= 15 is 0 Å². The van der Waals surface area contributed by atoms with E-state index in [1.807, 2.05) is 0 Å². The van der Waals surface area contributed by atoms with Crippen molar-refractivity contribution in [2.45, 2.75) is 12.4 Å². The summed E-state index contributed by atoms with van der Waals surface area (Å²) in [6.07, 6.45) is 0. The van der Waals surface area contributed by atoms with Gasteiger partial charge in [0.25, 0.3) is 0 Å². The maximum Gasteiger partial charge on any atom is 0.164 e. The van der Waals surface area contributed by atoms with Gasteiger partial charge >= 0.3 is 0 Å². The van der Waals surface area contributed by atoms with Gasteiger partial charge in [-0.1, -0.05) is 0 Å². The van der Waals surface area contributed by atoms with E-state index in [2.05, 4.69) is 10.2 Å². The van der Waals surface area contributed by atoms with E-state index in [1.54, 1.807) is 11.7 Å². The third-order valence-electron chi connectivity index (χ3n) is 2.64. The maximum atomic E-state index is 13.3. The lowest BCUT2D eigenvalue weighted by Crippen LogP contribution is -2.09. The lowest BCUT2D eigenvalue weighted by Gasteiger charge is -2.08. The van der Waals surface area contributed by atoms with Crippen LogP contribution >= 0.6 is 11.6 Å². The Bertz CT molecular complexity index is 574. The molecule has 0 saturated carbocycles. The molecule has 0 spiro atoms. The number of aromatic nitrogens is 3. The SMILES string of the molecule is COCCn1c(CCl)nnc1-c1ccc(F)c(F)c1. The van der Waals surface area contributed by atoms with Gasteiger partial charge in [0, 0.05) is 19.2 Å². The van der Waals surface area contributed by atoms with Gasteiger partial charge in [0.1, 0.15) is 5.82 Å². The molecule has 0 amide bonds. The quantitative estimate of drug-likeness (QED) is 0.794. The van der Waals surface area contributed by atoms with E-state index < -0.39 is 11.6 Å². The smallest absolute Gasteiger partial charge is 0.164 e. The van der Waals surface area contributed by atoms with Crippen LogP contribution in [0, 0.1) is 11.6 Å². The number of methoxy groups -OCH3 is 1. The van der Waals surface area contributed by atoms with Crippen molar-refractivity contribution in [3.05, 3.63) is 35.7 Å². The van der Waals surface area contributed by atoms with Crippen LogP contribution in [-0.4, -0.2) is 28.5 Å². The Morgan fingerprint density at radius 2 is 2.05 bits per heavy atom. The zero-order valence-electron chi connectivity index (χ0n) is 10.2. The molecule has 7 heteroatoms. The molecule has 0 saturated heterocycles. The second-order valence-corrected chi connectivity index (χ2v) is 4.11. The predicted octanol–water partition coefficient (Wildman–Crippen LogP) is 2.61. The predicted molar refractivity (Wildman–Crippen MR) is 66.8 cm³/mol. The van der Waals surface area contributed by atoms with Crippen LogP contribution in [0.3, 0.4) is 0 Å². The number of rotatable bonds is 5. The van der Waals surface area contributed by atoms with E-state index in [9.17, 15) is 8.78 Å². The maximum absolute atomic E-state index is 13.3. The Morgan fingerprint density at radius 3 is 2.68 bits per heavy atom. The van der Waals surface area contributed by atoms with Crippen LogP contribution in [0.25, 0.3) is 11.4 Å². The number of ether oxygens (including phenoxy) is 1. The zero-order valence-corrected chi connectivity index (χ0v) is 11.0. The van der Waals surface area contributed by atoms with Crippen LogP contribution in [0.15, 0.2) is 18.2 Å². The largest absolute Gasteiger partial charge is 0.383 e. The molecule has 0 aliphatic carbocycles. The molecule has 1 heterocycles. The minimum absolute atomic E-state index is 0.181. The summed E-state index contributed by atoms with van der Waals surface area (Å²) in [5.74, 6) is -0.652. The molecule has 0 bridgehead atoms. The highest BCUT2D eigenvalue weighted by Gasteiger charge is 2.14. The summed E-state index contributed by atoms with van der Waals surface area (Å²) >= 11 is 5.77. The number of alkyl halides is 1. The molecule has 0 N–H and O–H groups in total. The van der Waals surface area contributed by atoms with E-state index in [0.717, 1.165) is 12.1 Å². The van der Waals surface area contributed by atoms with Crippen molar-refractivity contribution in [3.63, 3.8) is 0 Å². The van der Waals surface area contributed by atoms with Crippen LogP contribution in [0.4, 0.5) is 8.78 Å². The molecule has 0 aliphatic heterocycles. The summed E-state index contributed by atoms with van der Waals surface area (Å²) in [7, 11) is 1.57. The normalized spacial score (nSPS) is 10.9. The summed E-state index contributed by atoms with van der Waals surface area (Å²) in [6, 6.07) is 3.59. The van der Waals surface area contributed by atoms with Crippen molar-refractivity contribution in [3.8, 4) is 11.4 Å². The highest BCUT2D eigenvalue weighted by molar-refractivity contribution is 6.16. The Hall–Kier alpha value is -1.53. The molecule has 1 aromatic carbocycles. The highest BCUT2D eigenvalue weighted by atomic mass is 35.5. The van der Waals surface area contributed by atoms with Crippen LogP contribution in [-0.2, 0) is 17.2 Å². The van der Waals surface area contributed by atoms with E-state index in [0.29, 0.717) is 30.4 Å². The number of nitrogens with zero attached hydrogens (tertiary/aromatic N) is 3. The summed E-state index contributed by atoms with van der Waals surface area (Å²) in [4.78, 5) is 0. The van der Waals surface area contributed by atoms with Gasteiger partial charge in [-0.2, -0.15) is 0 Å². The second-order valence-electron chi connectivity index (χ2n) is 3.85. The molecule has 2 aromatic rings. The number of halogens is 3. The topological polar surface area (TPSA) is 39.9 Å². The van der Waals surface area contributed by atoms with Crippen molar-refractivity contribution >= 4 is 11.6 Å². The first kappa shape index (κ1) is 13.9. The molecule has 1 aromatic heterocycles. The van der Waals surface area contributed by atoms with Crippen molar-refractivity contribution in [1.82, 2.24) is 14.8 Å². The van der Waals surface area contributed by atoms with E-state index in [-0.39, 0.29) is 5.88 Å². The lowest BCUT2D eigenvalue weighted by molar-refractivity contribution is 0.187. The molecule has 102 valence electrons. The fraction of sp³-hybridized carbons (Fsp3) is 0.333. The highest BCUT2D eigenvalue weighted by Crippen LogP contribution is 2.21. The lowest BCUT2D eigenvalue weighted by atomic mass is 10.2. The van der Waals surface area contributed by atoms with Crippen molar-refractivity contribution in [1.29, 1.82) is 0 Å².